The Morgan fingerprint density at radius 3 is 2.52 bits per heavy atom. The van der Waals surface area contributed by atoms with E-state index in [9.17, 15) is 10.2 Å². The third-order valence-corrected chi connectivity index (χ3v) is 4.86. The van der Waals surface area contributed by atoms with Gasteiger partial charge in [0.15, 0.2) is 0 Å². The van der Waals surface area contributed by atoms with Crippen LogP contribution in [0.3, 0.4) is 0 Å². The smallest absolute Gasteiger partial charge is 0.128 e. The first kappa shape index (κ1) is 15.4. The summed E-state index contributed by atoms with van der Waals surface area (Å²) >= 11 is 1.53. The van der Waals surface area contributed by atoms with Gasteiger partial charge in [0, 0.05) is 11.8 Å². The van der Waals surface area contributed by atoms with Crippen molar-refractivity contribution in [2.24, 2.45) is 4.99 Å². The summed E-state index contributed by atoms with van der Waals surface area (Å²) in [6.07, 6.45) is 1.60. The predicted octanol–water partition coefficient (Wildman–Crippen LogP) is 5.13. The Morgan fingerprint density at radius 1 is 0.880 bits per heavy atom. The van der Waals surface area contributed by atoms with Crippen molar-refractivity contribution in [3.05, 3.63) is 72.3 Å². The average molecular weight is 346 g/mol. The van der Waals surface area contributed by atoms with Crippen LogP contribution in [0.2, 0.25) is 0 Å². The summed E-state index contributed by atoms with van der Waals surface area (Å²) < 4.78 is 1.07. The number of fused-ring (bicyclic) bond motifs is 1. The van der Waals surface area contributed by atoms with E-state index < -0.39 is 0 Å². The van der Waals surface area contributed by atoms with Gasteiger partial charge in [-0.05, 0) is 42.5 Å². The first-order valence-electron chi connectivity index (χ1n) is 7.72. The van der Waals surface area contributed by atoms with E-state index >= 15 is 0 Å². The molecular weight excluding hydrogens is 332 g/mol. The minimum absolute atomic E-state index is 0.167. The van der Waals surface area contributed by atoms with Crippen molar-refractivity contribution < 1.29 is 10.2 Å². The number of hydrogen-bond acceptors (Lipinski definition) is 5. The lowest BCUT2D eigenvalue weighted by Crippen LogP contribution is -1.82. The van der Waals surface area contributed by atoms with Crippen molar-refractivity contribution >= 4 is 33.5 Å². The number of aromatic hydroxyl groups is 2. The van der Waals surface area contributed by atoms with Crippen LogP contribution in [-0.4, -0.2) is 21.4 Å². The molecule has 0 aliphatic heterocycles. The highest BCUT2D eigenvalue weighted by Gasteiger charge is 2.11. The zero-order valence-electron chi connectivity index (χ0n) is 13.1. The fraction of sp³-hybridized carbons (Fsp3) is 0. The summed E-state index contributed by atoms with van der Waals surface area (Å²) in [6, 6.07) is 20.0. The molecule has 2 N–H and O–H groups in total. The summed E-state index contributed by atoms with van der Waals surface area (Å²) in [7, 11) is 0. The van der Waals surface area contributed by atoms with Crippen LogP contribution < -0.4 is 0 Å². The Kier molecular flexibility index (Phi) is 3.91. The second kappa shape index (κ2) is 6.37. The molecule has 0 atom stereocenters. The minimum Gasteiger partial charge on any atom is -0.507 e. The zero-order chi connectivity index (χ0) is 17.2. The van der Waals surface area contributed by atoms with Crippen molar-refractivity contribution in [1.29, 1.82) is 0 Å². The van der Waals surface area contributed by atoms with Crippen LogP contribution in [-0.2, 0) is 0 Å². The van der Waals surface area contributed by atoms with Crippen molar-refractivity contribution in [3.63, 3.8) is 0 Å². The standard InChI is InChI=1S/C20H14N2O2S/c23-17-7-3-1-5-13(17)12-21-14-9-10-18(24)15(11-14)20-22-16-6-2-4-8-19(16)25-20/h1-12,23-24H. The maximum absolute atomic E-state index is 10.2. The predicted molar refractivity (Wildman–Crippen MR) is 102 cm³/mol. The molecule has 0 aliphatic carbocycles. The maximum atomic E-state index is 10.2. The lowest BCUT2D eigenvalue weighted by molar-refractivity contribution is 0.474. The molecule has 25 heavy (non-hydrogen) atoms. The highest BCUT2D eigenvalue weighted by atomic mass is 32.1. The SMILES string of the molecule is Oc1ccccc1C=Nc1ccc(O)c(-c2nc3ccccc3s2)c1. The highest BCUT2D eigenvalue weighted by molar-refractivity contribution is 7.21. The molecular formula is C20H14N2O2S. The molecule has 4 nitrogen and oxygen atoms in total. The molecule has 0 bridgehead atoms. The molecule has 5 heteroatoms. The van der Waals surface area contributed by atoms with Crippen LogP contribution in [0.25, 0.3) is 20.8 Å². The first-order chi connectivity index (χ1) is 12.2. The van der Waals surface area contributed by atoms with Gasteiger partial charge in [-0.15, -0.1) is 11.3 Å². The number of benzene rings is 3. The Morgan fingerprint density at radius 2 is 1.68 bits per heavy atom. The van der Waals surface area contributed by atoms with E-state index in [4.69, 9.17) is 0 Å². The molecule has 0 saturated heterocycles. The molecule has 0 aliphatic rings. The molecule has 4 aromatic rings. The number of aromatic nitrogens is 1. The molecule has 0 spiro atoms. The van der Waals surface area contributed by atoms with Gasteiger partial charge in [0.1, 0.15) is 16.5 Å². The van der Waals surface area contributed by atoms with Crippen LogP contribution in [0.1, 0.15) is 5.56 Å². The van der Waals surface area contributed by atoms with E-state index in [-0.39, 0.29) is 11.5 Å². The van der Waals surface area contributed by atoms with Gasteiger partial charge in [-0.25, -0.2) is 4.98 Å². The normalized spacial score (nSPS) is 11.4. The molecule has 0 fully saturated rings. The van der Waals surface area contributed by atoms with Crippen LogP contribution >= 0.6 is 11.3 Å². The van der Waals surface area contributed by atoms with E-state index in [2.05, 4.69) is 9.98 Å². The fourth-order valence-corrected chi connectivity index (χ4v) is 3.49. The third-order valence-electron chi connectivity index (χ3n) is 3.79. The largest absolute Gasteiger partial charge is 0.507 e. The minimum atomic E-state index is 0.167. The van der Waals surface area contributed by atoms with Crippen LogP contribution in [0.15, 0.2) is 71.7 Å². The number of nitrogens with zero attached hydrogens (tertiary/aromatic N) is 2. The average Bonchev–Trinajstić information content (AvgIpc) is 3.06. The molecule has 0 unspecified atom stereocenters. The second-order valence-electron chi connectivity index (χ2n) is 5.51. The summed E-state index contributed by atoms with van der Waals surface area (Å²) in [5, 5.41) is 20.8. The van der Waals surface area contributed by atoms with E-state index in [1.807, 2.05) is 30.3 Å². The number of para-hydroxylation sites is 2. The molecule has 3 aromatic carbocycles. The van der Waals surface area contributed by atoms with Crippen LogP contribution in [0.5, 0.6) is 11.5 Å². The molecule has 1 heterocycles. The van der Waals surface area contributed by atoms with E-state index in [0.29, 0.717) is 16.8 Å². The topological polar surface area (TPSA) is 65.7 Å². The summed E-state index contributed by atoms with van der Waals surface area (Å²) in [4.78, 5) is 8.98. The van der Waals surface area contributed by atoms with Gasteiger partial charge in [-0.2, -0.15) is 0 Å². The zero-order valence-corrected chi connectivity index (χ0v) is 13.9. The number of phenols is 2. The number of aliphatic imine (C=N–C) groups is 1. The van der Waals surface area contributed by atoms with E-state index in [1.165, 1.54) is 11.3 Å². The van der Waals surface area contributed by atoms with Crippen LogP contribution in [0, 0.1) is 0 Å². The monoisotopic (exact) mass is 346 g/mol. The fourth-order valence-electron chi connectivity index (χ4n) is 2.50. The van der Waals surface area contributed by atoms with Gasteiger partial charge < -0.3 is 10.2 Å². The Hall–Kier alpha value is -3.18. The van der Waals surface area contributed by atoms with Gasteiger partial charge in [0.05, 0.1) is 21.5 Å². The molecule has 0 saturated carbocycles. The van der Waals surface area contributed by atoms with Crippen LogP contribution in [0.4, 0.5) is 5.69 Å². The first-order valence-corrected chi connectivity index (χ1v) is 8.53. The van der Waals surface area contributed by atoms with Gasteiger partial charge in [-0.1, -0.05) is 24.3 Å². The van der Waals surface area contributed by atoms with Gasteiger partial charge >= 0.3 is 0 Å². The van der Waals surface area contributed by atoms with E-state index in [1.54, 1.807) is 42.6 Å². The maximum Gasteiger partial charge on any atom is 0.128 e. The molecule has 4 rings (SSSR count). The lowest BCUT2D eigenvalue weighted by Gasteiger charge is -2.03. The Bertz CT molecular complexity index is 1050. The summed E-state index contributed by atoms with van der Waals surface area (Å²) in [5.74, 6) is 0.344. The number of phenolic OH excluding ortho intramolecular Hbond substituents is 2. The van der Waals surface area contributed by atoms with E-state index in [0.717, 1.165) is 15.2 Å². The second-order valence-corrected chi connectivity index (χ2v) is 6.54. The van der Waals surface area contributed by atoms with Crippen molar-refractivity contribution in [3.8, 4) is 22.1 Å². The number of rotatable bonds is 3. The van der Waals surface area contributed by atoms with Gasteiger partial charge in [0.2, 0.25) is 0 Å². The Balaban J connectivity index is 1.72. The van der Waals surface area contributed by atoms with Gasteiger partial charge in [-0.3, -0.25) is 4.99 Å². The van der Waals surface area contributed by atoms with Crippen molar-refractivity contribution in [1.82, 2.24) is 4.98 Å². The van der Waals surface area contributed by atoms with Crippen molar-refractivity contribution in [2.45, 2.75) is 0 Å². The molecule has 1 aromatic heterocycles. The third kappa shape index (κ3) is 3.09. The molecule has 122 valence electrons. The summed E-state index contributed by atoms with van der Waals surface area (Å²) in [6.45, 7) is 0. The molecule has 0 amide bonds. The molecule has 0 radical (unpaired) electrons. The number of thiazole rings is 1. The number of hydrogen-bond donors (Lipinski definition) is 2. The summed E-state index contributed by atoms with van der Waals surface area (Å²) in [5.41, 5.74) is 2.87. The quantitative estimate of drug-likeness (QED) is 0.506. The van der Waals surface area contributed by atoms with Crippen molar-refractivity contribution in [2.75, 3.05) is 0 Å². The lowest BCUT2D eigenvalue weighted by atomic mass is 10.2. The Labute approximate surface area is 148 Å². The highest BCUT2D eigenvalue weighted by Crippen LogP contribution is 2.37. The van der Waals surface area contributed by atoms with Gasteiger partial charge in [0.25, 0.3) is 0 Å².